The fourth-order valence-electron chi connectivity index (χ4n) is 3.09. The van der Waals surface area contributed by atoms with E-state index < -0.39 is 51.4 Å². The predicted octanol–water partition coefficient (Wildman–Crippen LogP) is 3.19. The Labute approximate surface area is 156 Å². The Balaban J connectivity index is 2.34. The van der Waals surface area contributed by atoms with Crippen molar-refractivity contribution in [1.29, 1.82) is 0 Å². The monoisotopic (exact) mass is 405 g/mol. The number of imide groups is 1. The summed E-state index contributed by atoms with van der Waals surface area (Å²) in [7, 11) is 0. The molecule has 3 amide bonds. The molecule has 1 aliphatic carbocycles. The maximum atomic E-state index is 13.2. The molecule has 4 N–H and O–H groups in total. The molecular weight excluding hydrogens is 387 g/mol. The van der Waals surface area contributed by atoms with E-state index >= 15 is 0 Å². The molecule has 1 aliphatic rings. The molecule has 154 valence electrons. The smallest absolute Gasteiger partial charge is 0.417 e. The number of urea groups is 1. The highest BCUT2D eigenvalue weighted by atomic mass is 19.4. The number of carbonyl (C=O) groups excluding carboxylic acids is 2. The number of phenols is 2. The molecule has 1 aromatic rings. The summed E-state index contributed by atoms with van der Waals surface area (Å²) >= 11 is 0. The fraction of sp³-hybridized carbons (Fsp3) is 0.500. The molecule has 12 heteroatoms. The Morgan fingerprint density at radius 1 is 1.14 bits per heavy atom. The van der Waals surface area contributed by atoms with Crippen molar-refractivity contribution < 1.29 is 37.9 Å². The Bertz CT molecular complexity index is 789. The largest absolute Gasteiger partial charge is 0.504 e. The van der Waals surface area contributed by atoms with Crippen molar-refractivity contribution in [3.05, 3.63) is 27.3 Å². The summed E-state index contributed by atoms with van der Waals surface area (Å²) < 4.78 is 39.7. The van der Waals surface area contributed by atoms with Crippen LogP contribution in [0, 0.1) is 10.1 Å². The summed E-state index contributed by atoms with van der Waals surface area (Å²) in [6.07, 6.45) is -0.354. The highest BCUT2D eigenvalue weighted by Gasteiger charge is 2.43. The van der Waals surface area contributed by atoms with Crippen LogP contribution in [0.3, 0.4) is 0 Å². The third-order valence-electron chi connectivity index (χ3n) is 4.39. The quantitative estimate of drug-likeness (QED) is 0.263. The molecule has 1 fully saturated rings. The van der Waals surface area contributed by atoms with Crippen LogP contribution in [0.5, 0.6) is 11.5 Å². The third-order valence-corrected chi connectivity index (χ3v) is 4.39. The van der Waals surface area contributed by atoms with Crippen molar-refractivity contribution in [2.75, 3.05) is 0 Å². The number of aromatic hydroxyl groups is 2. The minimum atomic E-state index is -5.26. The molecule has 1 aromatic carbocycles. The van der Waals surface area contributed by atoms with Crippen LogP contribution in [0.4, 0.5) is 23.7 Å². The van der Waals surface area contributed by atoms with Gasteiger partial charge in [-0.2, -0.15) is 13.2 Å². The number of nitro groups is 1. The van der Waals surface area contributed by atoms with Crippen molar-refractivity contribution in [1.82, 2.24) is 10.6 Å². The second-order valence-corrected chi connectivity index (χ2v) is 6.39. The van der Waals surface area contributed by atoms with Crippen molar-refractivity contribution in [2.45, 2.75) is 50.7 Å². The summed E-state index contributed by atoms with van der Waals surface area (Å²) in [5, 5.41) is 34.1. The van der Waals surface area contributed by atoms with Crippen LogP contribution < -0.4 is 10.6 Å². The van der Waals surface area contributed by atoms with E-state index in [0.29, 0.717) is 12.8 Å². The number of phenolic OH excluding ortho intramolecular Hbond substituents is 2. The summed E-state index contributed by atoms with van der Waals surface area (Å²) in [6.45, 7) is 0. The van der Waals surface area contributed by atoms with Crippen LogP contribution in [-0.4, -0.2) is 33.1 Å². The highest BCUT2D eigenvalue weighted by molar-refractivity contribution is 6.08. The summed E-state index contributed by atoms with van der Waals surface area (Å²) in [5.74, 6) is -4.65. The normalized spacial score (nSPS) is 15.5. The Kier molecular flexibility index (Phi) is 6.31. The highest BCUT2D eigenvalue weighted by Crippen LogP contribution is 2.45. The minimum absolute atomic E-state index is 0.0134. The molecule has 0 heterocycles. The molecule has 0 saturated heterocycles. The summed E-state index contributed by atoms with van der Waals surface area (Å²) in [5.41, 5.74) is -5.06. The molecule has 0 unspecified atom stereocenters. The van der Waals surface area contributed by atoms with Gasteiger partial charge in [0.1, 0.15) is 5.56 Å². The first kappa shape index (κ1) is 21.3. The number of halogens is 3. The van der Waals surface area contributed by atoms with Gasteiger partial charge < -0.3 is 15.5 Å². The zero-order valence-electron chi connectivity index (χ0n) is 14.5. The first-order valence-electron chi connectivity index (χ1n) is 8.44. The van der Waals surface area contributed by atoms with E-state index in [9.17, 15) is 43.1 Å². The van der Waals surface area contributed by atoms with Gasteiger partial charge in [-0.1, -0.05) is 25.7 Å². The van der Waals surface area contributed by atoms with E-state index in [-0.39, 0.29) is 12.1 Å². The molecule has 0 radical (unpaired) electrons. The van der Waals surface area contributed by atoms with Crippen LogP contribution in [0.25, 0.3) is 0 Å². The lowest BCUT2D eigenvalue weighted by molar-refractivity contribution is -0.386. The molecular formula is C16H18F3N3O6. The molecule has 0 bridgehead atoms. The van der Waals surface area contributed by atoms with Crippen molar-refractivity contribution in [3.63, 3.8) is 0 Å². The lowest BCUT2D eigenvalue weighted by Crippen LogP contribution is -2.44. The second-order valence-electron chi connectivity index (χ2n) is 6.39. The zero-order chi connectivity index (χ0) is 21.1. The van der Waals surface area contributed by atoms with Crippen LogP contribution in [0.15, 0.2) is 6.07 Å². The molecule has 0 aliphatic heterocycles. The van der Waals surface area contributed by atoms with E-state index in [0.717, 1.165) is 25.7 Å². The lowest BCUT2D eigenvalue weighted by Gasteiger charge is -2.17. The van der Waals surface area contributed by atoms with Crippen molar-refractivity contribution >= 4 is 17.6 Å². The topological polar surface area (TPSA) is 142 Å². The van der Waals surface area contributed by atoms with Gasteiger partial charge in [-0.15, -0.1) is 0 Å². The van der Waals surface area contributed by atoms with E-state index in [1.807, 2.05) is 0 Å². The summed E-state index contributed by atoms with van der Waals surface area (Å²) in [6, 6.07) is -1.40. The first-order valence-corrected chi connectivity index (χ1v) is 8.44. The van der Waals surface area contributed by atoms with Gasteiger partial charge in [-0.05, 0) is 18.9 Å². The van der Waals surface area contributed by atoms with Gasteiger partial charge in [0.15, 0.2) is 5.75 Å². The van der Waals surface area contributed by atoms with Gasteiger partial charge in [0, 0.05) is 6.04 Å². The zero-order valence-corrected chi connectivity index (χ0v) is 14.5. The standard InChI is InChI=1S/C16H18F3N3O6/c17-16(18,19)9-7-10(23)13(24)12(22(27)28)11(9)14(25)21-15(26)20-8-5-3-1-2-4-6-8/h7-8,23-24H,1-6H2,(H2,20,21,25,26). The first-order chi connectivity index (χ1) is 13.0. The number of carbonyl (C=O) groups is 2. The Morgan fingerprint density at radius 3 is 2.21 bits per heavy atom. The number of hydrogen-bond donors (Lipinski definition) is 4. The molecule has 0 spiro atoms. The minimum Gasteiger partial charge on any atom is -0.504 e. The average molecular weight is 405 g/mol. The van der Waals surface area contributed by atoms with E-state index in [2.05, 4.69) is 5.32 Å². The maximum Gasteiger partial charge on any atom is 0.417 e. The maximum absolute atomic E-state index is 13.2. The number of alkyl halides is 3. The molecule has 0 aromatic heterocycles. The average Bonchev–Trinajstić information content (AvgIpc) is 2.83. The van der Waals surface area contributed by atoms with Gasteiger partial charge in [0.25, 0.3) is 5.91 Å². The SMILES string of the molecule is O=C(NC(=O)c1c(C(F)(F)F)cc(O)c(O)c1[N+](=O)[O-])NC1CCCCCC1. The fourth-order valence-corrected chi connectivity index (χ4v) is 3.09. The van der Waals surface area contributed by atoms with Crippen molar-refractivity contribution in [2.24, 2.45) is 0 Å². The predicted molar refractivity (Wildman–Crippen MR) is 88.9 cm³/mol. The number of amides is 3. The number of hydrogen-bond acceptors (Lipinski definition) is 6. The number of benzene rings is 1. The number of nitrogens with one attached hydrogen (secondary N) is 2. The Morgan fingerprint density at radius 2 is 1.71 bits per heavy atom. The third kappa shape index (κ3) is 4.81. The Hall–Kier alpha value is -3.05. The van der Waals surface area contributed by atoms with E-state index in [4.69, 9.17) is 0 Å². The van der Waals surface area contributed by atoms with Crippen LogP contribution in [-0.2, 0) is 6.18 Å². The molecule has 1 saturated carbocycles. The molecule has 28 heavy (non-hydrogen) atoms. The molecule has 0 atom stereocenters. The lowest BCUT2D eigenvalue weighted by atomic mass is 10.0. The van der Waals surface area contributed by atoms with Crippen LogP contribution >= 0.6 is 0 Å². The second kappa shape index (κ2) is 8.31. The van der Waals surface area contributed by atoms with Crippen LogP contribution in [0.1, 0.15) is 54.4 Å². The molecule has 9 nitrogen and oxygen atoms in total. The number of nitro benzene ring substituents is 1. The molecule has 2 rings (SSSR count). The van der Waals surface area contributed by atoms with Gasteiger partial charge in [0.05, 0.1) is 10.5 Å². The number of nitrogens with zero attached hydrogens (tertiary/aromatic N) is 1. The number of rotatable bonds is 3. The van der Waals surface area contributed by atoms with Crippen LogP contribution in [0.2, 0.25) is 0 Å². The van der Waals surface area contributed by atoms with E-state index in [1.54, 1.807) is 5.32 Å². The van der Waals surface area contributed by atoms with Gasteiger partial charge in [0.2, 0.25) is 5.75 Å². The van der Waals surface area contributed by atoms with Gasteiger partial charge >= 0.3 is 17.9 Å². The van der Waals surface area contributed by atoms with Crippen molar-refractivity contribution in [3.8, 4) is 11.5 Å². The van der Waals surface area contributed by atoms with Gasteiger partial charge in [-0.25, -0.2) is 4.79 Å². The van der Waals surface area contributed by atoms with E-state index in [1.165, 1.54) is 0 Å². The summed E-state index contributed by atoms with van der Waals surface area (Å²) in [4.78, 5) is 33.9. The van der Waals surface area contributed by atoms with Gasteiger partial charge in [-0.3, -0.25) is 20.2 Å².